The SMILES string of the molecule is CC[C@@H](C)[C@@H]1C(C#N)=C(N)Oc2n[nH]c(C)c21. The Kier molecular flexibility index (Phi) is 2.80. The van der Waals surface area contributed by atoms with Gasteiger partial charge in [0.05, 0.1) is 5.57 Å². The van der Waals surface area contributed by atoms with E-state index in [1.807, 2.05) is 6.92 Å². The number of allylic oxidation sites excluding steroid dienone is 1. The van der Waals surface area contributed by atoms with E-state index in [1.54, 1.807) is 0 Å². The summed E-state index contributed by atoms with van der Waals surface area (Å²) in [6, 6.07) is 2.16. The second-order valence-electron chi connectivity index (χ2n) is 4.42. The molecule has 0 spiro atoms. The van der Waals surface area contributed by atoms with E-state index in [0.717, 1.165) is 17.7 Å². The Balaban J connectivity index is 2.58. The van der Waals surface area contributed by atoms with Gasteiger partial charge in [-0.05, 0) is 12.8 Å². The Morgan fingerprint density at radius 2 is 2.35 bits per heavy atom. The molecule has 0 saturated carbocycles. The zero-order valence-electron chi connectivity index (χ0n) is 10.2. The first-order chi connectivity index (χ1) is 8.10. The second kappa shape index (κ2) is 4.13. The summed E-state index contributed by atoms with van der Waals surface area (Å²) in [4.78, 5) is 0. The molecule has 0 radical (unpaired) electrons. The van der Waals surface area contributed by atoms with E-state index < -0.39 is 0 Å². The fourth-order valence-electron chi connectivity index (χ4n) is 2.25. The third-order valence-electron chi connectivity index (χ3n) is 3.39. The molecule has 0 aromatic carbocycles. The number of nitriles is 1. The summed E-state index contributed by atoms with van der Waals surface area (Å²) in [5.74, 6) is 0.982. The number of hydrogen-bond acceptors (Lipinski definition) is 4. The lowest BCUT2D eigenvalue weighted by Gasteiger charge is -2.27. The number of hydrogen-bond donors (Lipinski definition) is 2. The van der Waals surface area contributed by atoms with Crippen LogP contribution >= 0.6 is 0 Å². The van der Waals surface area contributed by atoms with Gasteiger partial charge < -0.3 is 10.5 Å². The highest BCUT2D eigenvalue weighted by molar-refractivity contribution is 5.48. The van der Waals surface area contributed by atoms with Crippen molar-refractivity contribution in [3.05, 3.63) is 22.7 Å². The molecule has 0 fully saturated rings. The third kappa shape index (κ3) is 1.66. The summed E-state index contributed by atoms with van der Waals surface area (Å²) in [5, 5.41) is 16.2. The minimum Gasteiger partial charge on any atom is -0.420 e. The van der Waals surface area contributed by atoms with Crippen LogP contribution in [0.1, 0.15) is 37.4 Å². The largest absolute Gasteiger partial charge is 0.420 e. The van der Waals surface area contributed by atoms with E-state index in [4.69, 9.17) is 10.5 Å². The molecule has 17 heavy (non-hydrogen) atoms. The molecule has 1 aromatic heterocycles. The van der Waals surface area contributed by atoms with Crippen molar-refractivity contribution in [1.29, 1.82) is 5.26 Å². The highest BCUT2D eigenvalue weighted by Gasteiger charge is 2.35. The Morgan fingerprint density at radius 3 is 2.94 bits per heavy atom. The maximum absolute atomic E-state index is 9.23. The molecular weight excluding hydrogens is 216 g/mol. The molecule has 1 aliphatic rings. The van der Waals surface area contributed by atoms with Crippen LogP contribution in [0.4, 0.5) is 0 Å². The molecule has 0 unspecified atom stereocenters. The number of nitrogens with two attached hydrogens (primary N) is 1. The predicted molar refractivity (Wildman–Crippen MR) is 63.0 cm³/mol. The molecule has 2 heterocycles. The molecule has 0 aliphatic carbocycles. The summed E-state index contributed by atoms with van der Waals surface area (Å²) in [6.45, 7) is 6.14. The molecule has 2 atom stereocenters. The molecule has 1 aromatic rings. The number of nitrogens with zero attached hydrogens (tertiary/aromatic N) is 2. The Hall–Kier alpha value is -1.96. The van der Waals surface area contributed by atoms with Crippen LogP contribution in [-0.4, -0.2) is 10.2 Å². The van der Waals surface area contributed by atoms with Crippen molar-refractivity contribution in [2.75, 3.05) is 0 Å². The van der Waals surface area contributed by atoms with Crippen LogP contribution in [0.5, 0.6) is 5.88 Å². The Labute approximate surface area is 100 Å². The lowest BCUT2D eigenvalue weighted by Crippen LogP contribution is -2.23. The maximum atomic E-state index is 9.23. The van der Waals surface area contributed by atoms with Crippen molar-refractivity contribution >= 4 is 0 Å². The highest BCUT2D eigenvalue weighted by atomic mass is 16.5. The number of nitrogens with one attached hydrogen (secondary N) is 1. The number of aromatic nitrogens is 2. The van der Waals surface area contributed by atoms with Gasteiger partial charge in [-0.3, -0.25) is 5.10 Å². The zero-order valence-corrected chi connectivity index (χ0v) is 10.2. The fourth-order valence-corrected chi connectivity index (χ4v) is 2.25. The first-order valence-corrected chi connectivity index (χ1v) is 5.72. The van der Waals surface area contributed by atoms with Crippen molar-refractivity contribution in [3.63, 3.8) is 0 Å². The number of fused-ring (bicyclic) bond motifs is 1. The van der Waals surface area contributed by atoms with Gasteiger partial charge in [-0.15, -0.1) is 5.10 Å². The Bertz CT molecular complexity index is 509. The summed E-state index contributed by atoms with van der Waals surface area (Å²) in [5.41, 5.74) is 8.19. The quantitative estimate of drug-likeness (QED) is 0.815. The van der Waals surface area contributed by atoms with Gasteiger partial charge in [0, 0.05) is 17.2 Å². The van der Waals surface area contributed by atoms with Crippen molar-refractivity contribution in [1.82, 2.24) is 10.2 Å². The number of aromatic amines is 1. The summed E-state index contributed by atoms with van der Waals surface area (Å²) in [6.07, 6.45) is 0.965. The standard InChI is InChI=1S/C12H16N4O/c1-4-6(2)9-8(5-13)11(14)17-12-10(9)7(3)15-16-12/h6,9H,4,14H2,1-3H3,(H,15,16)/t6-,9-/m1/s1. The lowest BCUT2D eigenvalue weighted by atomic mass is 9.79. The van der Waals surface area contributed by atoms with Gasteiger partial charge in [0.2, 0.25) is 11.8 Å². The van der Waals surface area contributed by atoms with Crippen molar-refractivity contribution in [3.8, 4) is 11.9 Å². The summed E-state index contributed by atoms with van der Waals surface area (Å²) >= 11 is 0. The molecule has 5 nitrogen and oxygen atoms in total. The average molecular weight is 232 g/mol. The molecule has 2 rings (SSSR count). The molecule has 3 N–H and O–H groups in total. The van der Waals surface area contributed by atoms with Gasteiger partial charge in [0.15, 0.2) is 0 Å². The summed E-state index contributed by atoms with van der Waals surface area (Å²) < 4.78 is 5.37. The first-order valence-electron chi connectivity index (χ1n) is 5.72. The van der Waals surface area contributed by atoms with E-state index in [2.05, 4.69) is 30.1 Å². The van der Waals surface area contributed by atoms with Crippen LogP contribution in [0.15, 0.2) is 11.5 Å². The van der Waals surface area contributed by atoms with E-state index in [1.165, 1.54) is 0 Å². The molecular formula is C12H16N4O. The van der Waals surface area contributed by atoms with Crippen LogP contribution in [0.3, 0.4) is 0 Å². The minimum absolute atomic E-state index is 0.0208. The predicted octanol–water partition coefficient (Wildman–Crippen LogP) is 1.93. The van der Waals surface area contributed by atoms with Crippen LogP contribution in [0.25, 0.3) is 0 Å². The second-order valence-corrected chi connectivity index (χ2v) is 4.42. The normalized spacial score (nSPS) is 20.5. The number of ether oxygens (including phenoxy) is 1. The summed E-state index contributed by atoms with van der Waals surface area (Å²) in [7, 11) is 0. The highest BCUT2D eigenvalue weighted by Crippen LogP contribution is 2.43. The molecule has 0 saturated heterocycles. The minimum atomic E-state index is -0.0208. The van der Waals surface area contributed by atoms with E-state index >= 15 is 0 Å². The first kappa shape index (κ1) is 11.5. The van der Waals surface area contributed by atoms with Crippen molar-refractivity contribution in [2.45, 2.75) is 33.1 Å². The lowest BCUT2D eigenvalue weighted by molar-refractivity contribution is 0.352. The topological polar surface area (TPSA) is 87.7 Å². The van der Waals surface area contributed by atoms with Gasteiger partial charge in [-0.2, -0.15) is 5.26 Å². The van der Waals surface area contributed by atoms with Crippen LogP contribution in [0, 0.1) is 24.2 Å². The van der Waals surface area contributed by atoms with E-state index in [0.29, 0.717) is 17.4 Å². The van der Waals surface area contributed by atoms with Gasteiger partial charge in [-0.25, -0.2) is 0 Å². The van der Waals surface area contributed by atoms with Crippen molar-refractivity contribution < 1.29 is 4.74 Å². The van der Waals surface area contributed by atoms with E-state index in [-0.39, 0.29) is 11.8 Å². The fraction of sp³-hybridized carbons (Fsp3) is 0.500. The molecule has 1 aliphatic heterocycles. The zero-order chi connectivity index (χ0) is 12.6. The van der Waals surface area contributed by atoms with Crippen molar-refractivity contribution in [2.24, 2.45) is 11.7 Å². The maximum Gasteiger partial charge on any atom is 0.243 e. The number of aryl methyl sites for hydroxylation is 1. The molecule has 0 amide bonds. The van der Waals surface area contributed by atoms with Crippen LogP contribution < -0.4 is 10.5 Å². The van der Waals surface area contributed by atoms with Gasteiger partial charge >= 0.3 is 0 Å². The average Bonchev–Trinajstić information content (AvgIpc) is 2.68. The van der Waals surface area contributed by atoms with Crippen LogP contribution in [-0.2, 0) is 0 Å². The van der Waals surface area contributed by atoms with E-state index in [9.17, 15) is 5.26 Å². The molecule has 0 bridgehead atoms. The van der Waals surface area contributed by atoms with Crippen LogP contribution in [0.2, 0.25) is 0 Å². The number of H-pyrrole nitrogens is 1. The number of rotatable bonds is 2. The molecule has 90 valence electrons. The van der Waals surface area contributed by atoms with Gasteiger partial charge in [0.1, 0.15) is 6.07 Å². The Morgan fingerprint density at radius 1 is 1.65 bits per heavy atom. The van der Waals surface area contributed by atoms with Gasteiger partial charge in [0.25, 0.3) is 0 Å². The third-order valence-corrected chi connectivity index (χ3v) is 3.39. The van der Waals surface area contributed by atoms with Gasteiger partial charge in [-0.1, -0.05) is 20.3 Å². The monoisotopic (exact) mass is 232 g/mol. The molecule has 5 heteroatoms. The smallest absolute Gasteiger partial charge is 0.243 e.